The van der Waals surface area contributed by atoms with E-state index in [1.807, 2.05) is 0 Å². The molecule has 6 heteroatoms. The molecule has 0 aliphatic heterocycles. The normalized spacial score (nSPS) is 12.0. The van der Waals surface area contributed by atoms with E-state index in [9.17, 15) is 13.2 Å². The number of hydrogen-bond donors (Lipinski definition) is 0. The van der Waals surface area contributed by atoms with Crippen LogP contribution in [0.4, 0.5) is 13.2 Å². The third-order valence-corrected chi connectivity index (χ3v) is 0.722. The molecular formula is C4H2F3N2O. The number of aromatic nitrogens is 2. The monoisotopic (exact) mass is 151 g/mol. The quantitative estimate of drug-likeness (QED) is 0.560. The van der Waals surface area contributed by atoms with E-state index in [0.29, 0.717) is 0 Å². The van der Waals surface area contributed by atoms with Crippen LogP contribution >= 0.6 is 0 Å². The van der Waals surface area contributed by atoms with Crippen LogP contribution in [0.5, 0.6) is 0 Å². The van der Waals surface area contributed by atoms with Gasteiger partial charge in [0.05, 0.1) is 0 Å². The molecule has 0 saturated heterocycles. The smallest absolute Gasteiger partial charge is 0.339 e. The van der Waals surface area contributed by atoms with Gasteiger partial charge in [-0.3, -0.25) is 0 Å². The van der Waals surface area contributed by atoms with Gasteiger partial charge in [0.2, 0.25) is 5.89 Å². The molecule has 0 bridgehead atoms. The fourth-order valence-electron chi connectivity index (χ4n) is 0.370. The molecule has 10 heavy (non-hydrogen) atoms. The average Bonchev–Trinajstić information content (AvgIpc) is 2.11. The van der Waals surface area contributed by atoms with Crippen molar-refractivity contribution in [2.45, 2.75) is 6.18 Å². The summed E-state index contributed by atoms with van der Waals surface area (Å²) >= 11 is 0. The summed E-state index contributed by atoms with van der Waals surface area (Å²) in [6.45, 7) is 3.01. The van der Waals surface area contributed by atoms with Crippen molar-refractivity contribution in [1.82, 2.24) is 10.1 Å². The van der Waals surface area contributed by atoms with E-state index in [1.54, 1.807) is 0 Å². The molecule has 0 unspecified atom stereocenters. The molecule has 0 spiro atoms. The minimum atomic E-state index is -4.54. The van der Waals surface area contributed by atoms with E-state index in [-0.39, 0.29) is 5.89 Å². The maximum atomic E-state index is 11.6. The van der Waals surface area contributed by atoms with Gasteiger partial charge in [-0.1, -0.05) is 5.16 Å². The van der Waals surface area contributed by atoms with Crippen molar-refractivity contribution in [3.63, 3.8) is 0 Å². The van der Waals surface area contributed by atoms with Crippen LogP contribution < -0.4 is 0 Å². The lowest BCUT2D eigenvalue weighted by Crippen LogP contribution is -2.06. The van der Waals surface area contributed by atoms with Crippen molar-refractivity contribution < 1.29 is 17.7 Å². The van der Waals surface area contributed by atoms with Gasteiger partial charge in [0.25, 0.3) is 5.82 Å². The van der Waals surface area contributed by atoms with E-state index in [1.165, 1.54) is 0 Å². The van der Waals surface area contributed by atoms with Crippen LogP contribution in [0.15, 0.2) is 4.52 Å². The van der Waals surface area contributed by atoms with Crippen molar-refractivity contribution in [2.75, 3.05) is 0 Å². The molecule has 0 aliphatic rings. The third kappa shape index (κ3) is 1.26. The second-order valence-electron chi connectivity index (χ2n) is 1.51. The Bertz CT molecular complexity index is 229. The number of rotatable bonds is 0. The lowest BCUT2D eigenvalue weighted by atomic mass is 10.6. The number of hydrogen-bond acceptors (Lipinski definition) is 3. The Labute approximate surface area is 53.8 Å². The highest BCUT2D eigenvalue weighted by Crippen LogP contribution is 2.25. The highest BCUT2D eigenvalue weighted by molar-refractivity contribution is 4.92. The Balaban J connectivity index is 2.96. The van der Waals surface area contributed by atoms with Crippen molar-refractivity contribution in [3.05, 3.63) is 18.6 Å². The summed E-state index contributed by atoms with van der Waals surface area (Å²) in [4.78, 5) is 2.87. The van der Waals surface area contributed by atoms with Crippen LogP contribution in [0.3, 0.4) is 0 Å². The molecule has 1 radical (unpaired) electrons. The number of nitrogens with zero attached hydrogens (tertiary/aromatic N) is 2. The standard InChI is InChI=1S/C4H2F3N2O/c1-2-8-3(9-10-2)4(5,6)7/h1H2. The van der Waals surface area contributed by atoms with E-state index >= 15 is 0 Å². The Morgan fingerprint density at radius 2 is 2.00 bits per heavy atom. The topological polar surface area (TPSA) is 38.9 Å². The first-order chi connectivity index (χ1) is 4.50. The summed E-state index contributed by atoms with van der Waals surface area (Å²) in [6.07, 6.45) is -4.54. The minimum Gasteiger partial charge on any atom is -0.339 e. The van der Waals surface area contributed by atoms with Crippen LogP contribution in [0, 0.1) is 6.92 Å². The zero-order valence-electron chi connectivity index (χ0n) is 4.64. The summed E-state index contributed by atoms with van der Waals surface area (Å²) in [5, 5.41) is 2.61. The Hall–Kier alpha value is -1.07. The fourth-order valence-corrected chi connectivity index (χ4v) is 0.370. The van der Waals surface area contributed by atoms with Gasteiger partial charge >= 0.3 is 6.18 Å². The summed E-state index contributed by atoms with van der Waals surface area (Å²) in [5.74, 6) is -1.63. The Morgan fingerprint density at radius 1 is 1.40 bits per heavy atom. The van der Waals surface area contributed by atoms with Crippen molar-refractivity contribution in [1.29, 1.82) is 0 Å². The molecule has 1 aromatic heterocycles. The molecule has 55 valence electrons. The lowest BCUT2D eigenvalue weighted by molar-refractivity contribution is -0.146. The van der Waals surface area contributed by atoms with Crippen molar-refractivity contribution in [2.24, 2.45) is 0 Å². The molecule has 0 aliphatic carbocycles. The molecule has 0 atom stereocenters. The summed E-state index contributed by atoms with van der Waals surface area (Å²) in [7, 11) is 0. The molecule has 0 fully saturated rings. The zero-order valence-corrected chi connectivity index (χ0v) is 4.64. The van der Waals surface area contributed by atoms with Crippen LogP contribution in [0.2, 0.25) is 0 Å². The second-order valence-corrected chi connectivity index (χ2v) is 1.51. The first-order valence-corrected chi connectivity index (χ1v) is 2.23. The predicted molar refractivity (Wildman–Crippen MR) is 23.8 cm³/mol. The summed E-state index contributed by atoms with van der Waals surface area (Å²) in [6, 6.07) is 0. The van der Waals surface area contributed by atoms with Crippen molar-refractivity contribution in [3.8, 4) is 0 Å². The summed E-state index contributed by atoms with van der Waals surface area (Å²) < 4.78 is 38.8. The zero-order chi connectivity index (χ0) is 7.78. The van der Waals surface area contributed by atoms with Crippen LogP contribution in [0.25, 0.3) is 0 Å². The molecule has 1 rings (SSSR count). The molecule has 0 N–H and O–H groups in total. The summed E-state index contributed by atoms with van der Waals surface area (Å²) in [5.41, 5.74) is 0. The van der Waals surface area contributed by atoms with Gasteiger partial charge in [0, 0.05) is 6.92 Å². The molecule has 0 amide bonds. The first-order valence-electron chi connectivity index (χ1n) is 2.23. The SMILES string of the molecule is [CH2]c1nc(C(F)(F)F)no1. The molecule has 0 aromatic carbocycles. The molecule has 0 saturated carbocycles. The largest absolute Gasteiger partial charge is 0.455 e. The van der Waals surface area contributed by atoms with E-state index < -0.39 is 12.0 Å². The van der Waals surface area contributed by atoms with Crippen LogP contribution in [0.1, 0.15) is 11.7 Å². The van der Waals surface area contributed by atoms with E-state index in [0.717, 1.165) is 0 Å². The maximum Gasteiger partial charge on any atom is 0.455 e. The van der Waals surface area contributed by atoms with Gasteiger partial charge < -0.3 is 4.52 Å². The maximum absolute atomic E-state index is 11.6. The highest BCUT2D eigenvalue weighted by Gasteiger charge is 2.36. The lowest BCUT2D eigenvalue weighted by Gasteiger charge is -1.95. The molecular weight excluding hydrogens is 149 g/mol. The van der Waals surface area contributed by atoms with Crippen molar-refractivity contribution >= 4 is 0 Å². The minimum absolute atomic E-state index is 0.340. The van der Waals surface area contributed by atoms with Gasteiger partial charge in [-0.25, -0.2) is 0 Å². The molecule has 3 nitrogen and oxygen atoms in total. The predicted octanol–water partition coefficient (Wildman–Crippen LogP) is 1.27. The fraction of sp³-hybridized carbons (Fsp3) is 0.250. The third-order valence-electron chi connectivity index (χ3n) is 0.722. The van der Waals surface area contributed by atoms with Gasteiger partial charge in [0.15, 0.2) is 0 Å². The van der Waals surface area contributed by atoms with Gasteiger partial charge in [-0.2, -0.15) is 18.2 Å². The van der Waals surface area contributed by atoms with Gasteiger partial charge in [-0.05, 0) is 0 Å². The number of alkyl halides is 3. The van der Waals surface area contributed by atoms with Gasteiger partial charge in [-0.15, -0.1) is 0 Å². The molecule has 1 aromatic rings. The average molecular weight is 151 g/mol. The van der Waals surface area contributed by atoms with E-state index in [4.69, 9.17) is 0 Å². The van der Waals surface area contributed by atoms with E-state index in [2.05, 4.69) is 21.6 Å². The first kappa shape index (κ1) is 7.04. The van der Waals surface area contributed by atoms with Crippen LogP contribution in [-0.2, 0) is 6.18 Å². The Morgan fingerprint density at radius 3 is 2.20 bits per heavy atom. The van der Waals surface area contributed by atoms with Gasteiger partial charge in [0.1, 0.15) is 0 Å². The second kappa shape index (κ2) is 1.96. The van der Waals surface area contributed by atoms with Crippen LogP contribution in [-0.4, -0.2) is 10.1 Å². The molecule has 1 heterocycles. The Kier molecular flexibility index (Phi) is 1.38. The number of halogens is 3. The highest BCUT2D eigenvalue weighted by atomic mass is 19.4.